The zero-order valence-electron chi connectivity index (χ0n) is 15.4. The van der Waals surface area contributed by atoms with Crippen molar-refractivity contribution in [2.45, 2.75) is 75.6 Å². The van der Waals surface area contributed by atoms with Crippen LogP contribution in [0.3, 0.4) is 0 Å². The van der Waals surface area contributed by atoms with E-state index in [2.05, 4.69) is 10.6 Å². The van der Waals surface area contributed by atoms with Gasteiger partial charge in [0.1, 0.15) is 5.78 Å². The SMILES string of the molecule is CC(=O)CCCCCN(C)C(=O)CCCCC1SCC2NC(=O)NC21. The molecule has 0 bridgehead atoms. The van der Waals surface area contributed by atoms with Gasteiger partial charge in [-0.3, -0.25) is 4.79 Å². The Morgan fingerprint density at radius 2 is 1.88 bits per heavy atom. The number of nitrogens with zero attached hydrogens (tertiary/aromatic N) is 1. The summed E-state index contributed by atoms with van der Waals surface area (Å²) in [7, 11) is 1.87. The smallest absolute Gasteiger partial charge is 0.315 e. The van der Waals surface area contributed by atoms with Crippen LogP contribution in [-0.4, -0.2) is 59.3 Å². The van der Waals surface area contributed by atoms with E-state index in [0.29, 0.717) is 18.1 Å². The van der Waals surface area contributed by atoms with Gasteiger partial charge in [0.2, 0.25) is 5.91 Å². The fourth-order valence-corrected chi connectivity index (χ4v) is 5.02. The fraction of sp³-hybridized carbons (Fsp3) is 0.833. The second-order valence-corrected chi connectivity index (χ2v) is 8.47. The zero-order chi connectivity index (χ0) is 18.2. The molecule has 2 rings (SSSR count). The predicted molar refractivity (Wildman–Crippen MR) is 101 cm³/mol. The second-order valence-electron chi connectivity index (χ2n) is 7.20. The lowest BCUT2D eigenvalue weighted by Gasteiger charge is -2.18. The van der Waals surface area contributed by atoms with Crippen molar-refractivity contribution in [1.82, 2.24) is 15.5 Å². The van der Waals surface area contributed by atoms with E-state index in [1.165, 1.54) is 0 Å². The van der Waals surface area contributed by atoms with E-state index >= 15 is 0 Å². The van der Waals surface area contributed by atoms with Gasteiger partial charge in [-0.25, -0.2) is 4.79 Å². The third-order valence-corrected chi connectivity index (χ3v) is 6.52. The number of ketones is 1. The molecule has 2 saturated heterocycles. The Morgan fingerprint density at radius 1 is 1.12 bits per heavy atom. The molecular weight excluding hydrogens is 338 g/mol. The van der Waals surface area contributed by atoms with Crippen LogP contribution < -0.4 is 10.6 Å². The largest absolute Gasteiger partial charge is 0.346 e. The number of Topliss-reactive ketones (excluding diaryl/α,β-unsaturated/α-hetero) is 1. The summed E-state index contributed by atoms with van der Waals surface area (Å²) in [5.41, 5.74) is 0. The zero-order valence-corrected chi connectivity index (χ0v) is 16.2. The van der Waals surface area contributed by atoms with Gasteiger partial charge in [-0.2, -0.15) is 11.8 Å². The summed E-state index contributed by atoms with van der Waals surface area (Å²) in [6, 6.07) is 0.490. The molecule has 3 amide bonds. The molecule has 3 atom stereocenters. The Hall–Kier alpha value is -1.24. The van der Waals surface area contributed by atoms with E-state index in [0.717, 1.165) is 50.8 Å². The first-order valence-electron chi connectivity index (χ1n) is 9.39. The highest BCUT2D eigenvalue weighted by Crippen LogP contribution is 2.33. The van der Waals surface area contributed by atoms with Crippen LogP contribution in [0.25, 0.3) is 0 Å². The standard InChI is InChI=1S/C18H31N3O3S/c1-13(22)8-4-3-7-11-21(2)16(23)10-6-5-9-15-17-14(12-25-15)19-18(24)20-17/h14-15,17H,3-12H2,1-2H3,(H2,19,20,24). The van der Waals surface area contributed by atoms with Crippen LogP contribution in [0.5, 0.6) is 0 Å². The molecule has 2 aliphatic rings. The average Bonchev–Trinajstić information content (AvgIpc) is 3.10. The van der Waals surface area contributed by atoms with Crippen LogP contribution in [-0.2, 0) is 9.59 Å². The number of unbranched alkanes of at least 4 members (excludes halogenated alkanes) is 3. The topological polar surface area (TPSA) is 78.5 Å². The molecule has 6 nitrogen and oxygen atoms in total. The van der Waals surface area contributed by atoms with Gasteiger partial charge in [0, 0.05) is 37.4 Å². The van der Waals surface area contributed by atoms with E-state index < -0.39 is 0 Å². The van der Waals surface area contributed by atoms with Gasteiger partial charge in [-0.05, 0) is 32.6 Å². The highest BCUT2D eigenvalue weighted by atomic mass is 32.2. The first kappa shape index (κ1) is 20.1. The van der Waals surface area contributed by atoms with Crippen LogP contribution in [0.15, 0.2) is 0 Å². The van der Waals surface area contributed by atoms with E-state index in [-0.39, 0.29) is 29.8 Å². The van der Waals surface area contributed by atoms with Crippen LogP contribution in [0.4, 0.5) is 4.79 Å². The van der Waals surface area contributed by atoms with Crippen LogP contribution in [0, 0.1) is 0 Å². The van der Waals surface area contributed by atoms with Crippen LogP contribution in [0.2, 0.25) is 0 Å². The maximum absolute atomic E-state index is 12.1. The molecule has 2 aliphatic heterocycles. The number of hydrogen-bond donors (Lipinski definition) is 2. The van der Waals surface area contributed by atoms with Crippen molar-refractivity contribution in [3.05, 3.63) is 0 Å². The summed E-state index contributed by atoms with van der Waals surface area (Å²) in [4.78, 5) is 36.2. The van der Waals surface area contributed by atoms with Crippen molar-refractivity contribution >= 4 is 29.5 Å². The number of rotatable bonds is 11. The molecule has 0 aliphatic carbocycles. The number of carbonyl (C=O) groups is 3. The summed E-state index contributed by atoms with van der Waals surface area (Å²) < 4.78 is 0. The molecule has 0 aromatic rings. The Bertz CT molecular complexity index is 486. The average molecular weight is 370 g/mol. The van der Waals surface area contributed by atoms with E-state index in [1.54, 1.807) is 6.92 Å². The van der Waals surface area contributed by atoms with Gasteiger partial charge in [0.15, 0.2) is 0 Å². The van der Waals surface area contributed by atoms with Crippen molar-refractivity contribution in [3.8, 4) is 0 Å². The molecule has 0 radical (unpaired) electrons. The molecule has 0 aromatic carbocycles. The lowest BCUT2D eigenvalue weighted by Crippen LogP contribution is -2.36. The van der Waals surface area contributed by atoms with Gasteiger partial charge >= 0.3 is 6.03 Å². The normalized spacial score (nSPS) is 24.6. The van der Waals surface area contributed by atoms with Crippen molar-refractivity contribution in [3.63, 3.8) is 0 Å². The minimum atomic E-state index is -0.0413. The van der Waals surface area contributed by atoms with Crippen molar-refractivity contribution < 1.29 is 14.4 Å². The van der Waals surface area contributed by atoms with Gasteiger partial charge in [-0.15, -0.1) is 0 Å². The number of hydrogen-bond acceptors (Lipinski definition) is 4. The maximum Gasteiger partial charge on any atom is 0.315 e. The van der Waals surface area contributed by atoms with E-state index in [4.69, 9.17) is 0 Å². The lowest BCUT2D eigenvalue weighted by atomic mass is 10.0. The summed E-state index contributed by atoms with van der Waals surface area (Å²) in [6.07, 6.45) is 7.11. The minimum absolute atomic E-state index is 0.0413. The molecule has 0 saturated carbocycles. The maximum atomic E-state index is 12.1. The van der Waals surface area contributed by atoms with Crippen molar-refractivity contribution in [2.24, 2.45) is 0 Å². The molecule has 2 N–H and O–H groups in total. The second kappa shape index (κ2) is 10.0. The summed E-state index contributed by atoms with van der Waals surface area (Å²) >= 11 is 1.92. The minimum Gasteiger partial charge on any atom is -0.346 e. The number of nitrogens with one attached hydrogen (secondary N) is 2. The Morgan fingerprint density at radius 3 is 2.64 bits per heavy atom. The fourth-order valence-electron chi connectivity index (χ4n) is 3.48. The van der Waals surface area contributed by atoms with Gasteiger partial charge in [0.05, 0.1) is 12.1 Å². The van der Waals surface area contributed by atoms with Gasteiger partial charge < -0.3 is 20.3 Å². The Kier molecular flexibility index (Phi) is 8.06. The summed E-state index contributed by atoms with van der Waals surface area (Å²) in [5.74, 6) is 1.43. The number of fused-ring (bicyclic) bond motifs is 1. The van der Waals surface area contributed by atoms with Gasteiger partial charge in [0.25, 0.3) is 0 Å². The molecule has 2 fully saturated rings. The molecular formula is C18H31N3O3S. The summed E-state index contributed by atoms with van der Waals surface area (Å²) in [6.45, 7) is 2.40. The first-order chi connectivity index (χ1) is 12.0. The number of thioether (sulfide) groups is 1. The van der Waals surface area contributed by atoms with Crippen molar-refractivity contribution in [2.75, 3.05) is 19.3 Å². The quantitative estimate of drug-likeness (QED) is 0.433. The van der Waals surface area contributed by atoms with Crippen LogP contribution in [0.1, 0.15) is 58.3 Å². The van der Waals surface area contributed by atoms with E-state index in [1.807, 2.05) is 23.7 Å². The van der Waals surface area contributed by atoms with Crippen LogP contribution >= 0.6 is 11.8 Å². The predicted octanol–water partition coefficient (Wildman–Crippen LogP) is 2.32. The lowest BCUT2D eigenvalue weighted by molar-refractivity contribution is -0.130. The number of amides is 3. The molecule has 142 valence electrons. The number of urea groups is 1. The first-order valence-corrected chi connectivity index (χ1v) is 10.4. The molecule has 2 heterocycles. The monoisotopic (exact) mass is 369 g/mol. The molecule has 7 heteroatoms. The van der Waals surface area contributed by atoms with Gasteiger partial charge in [-0.1, -0.05) is 12.8 Å². The Balaban J connectivity index is 1.51. The number of carbonyl (C=O) groups excluding carboxylic acids is 3. The third kappa shape index (κ3) is 6.53. The molecule has 0 spiro atoms. The summed E-state index contributed by atoms with van der Waals surface area (Å²) in [5, 5.41) is 6.43. The Labute approximate surface area is 154 Å². The highest BCUT2D eigenvalue weighted by molar-refractivity contribution is 8.00. The molecule has 0 aromatic heterocycles. The van der Waals surface area contributed by atoms with Crippen molar-refractivity contribution in [1.29, 1.82) is 0 Å². The molecule has 25 heavy (non-hydrogen) atoms. The van der Waals surface area contributed by atoms with E-state index in [9.17, 15) is 14.4 Å². The molecule has 3 unspecified atom stereocenters. The third-order valence-electron chi connectivity index (χ3n) is 5.02. The highest BCUT2D eigenvalue weighted by Gasteiger charge is 2.42.